The minimum atomic E-state index is -0.309. The number of nitrogens with one attached hydrogen (secondary N) is 2. The van der Waals surface area contributed by atoms with Crippen molar-refractivity contribution in [1.82, 2.24) is 14.7 Å². The first kappa shape index (κ1) is 30.4. The van der Waals surface area contributed by atoms with Gasteiger partial charge in [-0.05, 0) is 87.1 Å². The molecule has 3 heterocycles. The molecule has 2 N–H and O–H groups in total. The molecule has 2 atom stereocenters. The van der Waals surface area contributed by atoms with Crippen molar-refractivity contribution in [2.45, 2.75) is 103 Å². The summed E-state index contributed by atoms with van der Waals surface area (Å²) >= 11 is 0. The van der Waals surface area contributed by atoms with Gasteiger partial charge in [-0.1, -0.05) is 69.9 Å². The van der Waals surface area contributed by atoms with Crippen LogP contribution >= 0.6 is 0 Å². The van der Waals surface area contributed by atoms with Crippen molar-refractivity contribution in [1.29, 1.82) is 0 Å². The number of aromatic nitrogens is 2. The molecule has 7 heteroatoms. The molecule has 0 spiro atoms. The third-order valence-electron chi connectivity index (χ3n) is 8.62. The second kappa shape index (κ2) is 13.1. The zero-order chi connectivity index (χ0) is 30.6. The Morgan fingerprint density at radius 2 is 1.72 bits per heavy atom. The number of hydrogen-bond acceptors (Lipinski definition) is 3. The molecular weight excluding hydrogens is 534 g/mol. The molecule has 7 nitrogen and oxygen atoms in total. The molecule has 226 valence electrons. The van der Waals surface area contributed by atoms with Crippen molar-refractivity contribution in [3.05, 3.63) is 71.4 Å². The van der Waals surface area contributed by atoms with Gasteiger partial charge in [-0.25, -0.2) is 9.48 Å². The predicted octanol–water partition coefficient (Wildman–Crippen LogP) is 7.63. The van der Waals surface area contributed by atoms with E-state index in [2.05, 4.69) is 67.2 Å². The van der Waals surface area contributed by atoms with Crippen LogP contribution in [0, 0.1) is 24.7 Å². The number of rotatable bonds is 7. The van der Waals surface area contributed by atoms with E-state index in [1.807, 2.05) is 49.4 Å². The number of fused-ring (bicyclic) bond motifs is 2. The Bertz CT molecular complexity index is 1490. The van der Waals surface area contributed by atoms with Crippen LogP contribution in [-0.2, 0) is 16.6 Å². The molecule has 0 aliphatic carbocycles. The van der Waals surface area contributed by atoms with Gasteiger partial charge in [0.25, 0.3) is 5.91 Å². The summed E-state index contributed by atoms with van der Waals surface area (Å²) in [4.78, 5) is 28.1. The number of carbonyl (C=O) groups is 2. The van der Waals surface area contributed by atoms with E-state index in [0.717, 1.165) is 74.0 Å². The highest BCUT2D eigenvalue weighted by atomic mass is 16.2. The predicted molar refractivity (Wildman–Crippen MR) is 173 cm³/mol. The molecule has 2 aromatic carbocycles. The maximum Gasteiger partial charge on any atom is 0.324 e. The van der Waals surface area contributed by atoms with Crippen molar-refractivity contribution < 1.29 is 9.59 Å². The lowest BCUT2D eigenvalue weighted by Crippen LogP contribution is -2.46. The fraction of sp³-hybridized carbons (Fsp3) is 0.472. The lowest BCUT2D eigenvalue weighted by molar-refractivity contribution is -0.130. The third kappa shape index (κ3) is 7.48. The lowest BCUT2D eigenvalue weighted by atomic mass is 9.85. The monoisotopic (exact) mass is 579 g/mol. The van der Waals surface area contributed by atoms with Crippen LogP contribution in [0.1, 0.15) is 89.5 Å². The van der Waals surface area contributed by atoms with E-state index in [4.69, 9.17) is 5.10 Å². The number of carbonyl (C=O) groups excluding carboxylic acids is 2. The first-order valence-corrected chi connectivity index (χ1v) is 15.8. The molecule has 2 saturated heterocycles. The number of urea groups is 1. The molecule has 3 amide bonds. The molecule has 2 aliphatic heterocycles. The van der Waals surface area contributed by atoms with E-state index < -0.39 is 0 Å². The highest BCUT2D eigenvalue weighted by molar-refractivity contribution is 5.99. The zero-order valence-corrected chi connectivity index (χ0v) is 26.2. The minimum absolute atomic E-state index is 0.0117. The number of aryl methyl sites for hydroxylation is 1. The third-order valence-corrected chi connectivity index (χ3v) is 8.62. The van der Waals surface area contributed by atoms with Crippen LogP contribution in [-0.4, -0.2) is 38.7 Å². The summed E-state index contributed by atoms with van der Waals surface area (Å²) in [5, 5.41) is 10.9. The second-order valence-corrected chi connectivity index (χ2v) is 13.2. The number of amides is 3. The average molecular weight is 580 g/mol. The number of piperidine rings is 1. The van der Waals surface area contributed by atoms with Crippen LogP contribution in [0.4, 0.5) is 16.3 Å². The van der Waals surface area contributed by atoms with Gasteiger partial charge in [0.15, 0.2) is 0 Å². The van der Waals surface area contributed by atoms with E-state index >= 15 is 0 Å². The Morgan fingerprint density at radius 1 is 1.00 bits per heavy atom. The molecule has 0 saturated carbocycles. The Kier molecular flexibility index (Phi) is 9.25. The Morgan fingerprint density at radius 3 is 2.40 bits per heavy atom. The largest absolute Gasteiger partial charge is 0.326 e. The van der Waals surface area contributed by atoms with Gasteiger partial charge in [-0.2, -0.15) is 5.10 Å². The van der Waals surface area contributed by atoms with Crippen LogP contribution in [0.3, 0.4) is 0 Å². The number of nitrogens with zero attached hydrogens (tertiary/aromatic N) is 3. The molecule has 2 aliphatic rings. The first-order valence-electron chi connectivity index (χ1n) is 15.8. The van der Waals surface area contributed by atoms with E-state index in [-0.39, 0.29) is 17.4 Å². The van der Waals surface area contributed by atoms with E-state index in [0.29, 0.717) is 23.8 Å². The highest BCUT2D eigenvalue weighted by Crippen LogP contribution is 2.40. The summed E-state index contributed by atoms with van der Waals surface area (Å²) in [6.45, 7) is 10.5. The molecule has 0 radical (unpaired) electrons. The summed E-state index contributed by atoms with van der Waals surface area (Å²) in [6, 6.07) is 18.4. The summed E-state index contributed by atoms with van der Waals surface area (Å²) in [7, 11) is 0. The van der Waals surface area contributed by atoms with E-state index in [1.165, 1.54) is 5.56 Å². The summed E-state index contributed by atoms with van der Waals surface area (Å²) < 4.78 is 1.79. The van der Waals surface area contributed by atoms with Gasteiger partial charge < -0.3 is 10.2 Å². The van der Waals surface area contributed by atoms with Crippen molar-refractivity contribution in [2.75, 3.05) is 10.6 Å². The molecule has 5 rings (SSSR count). The van der Waals surface area contributed by atoms with Gasteiger partial charge in [-0.15, -0.1) is 0 Å². The van der Waals surface area contributed by atoms with Gasteiger partial charge in [0.2, 0.25) is 0 Å². The van der Waals surface area contributed by atoms with Crippen LogP contribution in [0.25, 0.3) is 5.69 Å². The standard InChI is InChI=1S/C36H45N5O2/c1-6-7-8-9-13-34(42)40-30-18-19-31(40)23-27(22-30)20-26-11-10-12-28(21-26)37-35(43)38-33-24-32(36(3,4)5)39-41(33)29-16-14-25(2)15-17-29/h10-12,14-17,21,24,27,30-31H,6-8,18-20,22-23H2,1-5H3,(H2,37,38,43). The number of benzene rings is 2. The minimum Gasteiger partial charge on any atom is -0.326 e. The topological polar surface area (TPSA) is 79.3 Å². The Balaban J connectivity index is 1.22. The van der Waals surface area contributed by atoms with Gasteiger partial charge in [-0.3, -0.25) is 10.1 Å². The van der Waals surface area contributed by atoms with Crippen LogP contribution in [0.15, 0.2) is 54.6 Å². The van der Waals surface area contributed by atoms with Crippen molar-refractivity contribution in [2.24, 2.45) is 5.92 Å². The van der Waals surface area contributed by atoms with Gasteiger partial charge in [0.1, 0.15) is 5.82 Å². The van der Waals surface area contributed by atoms with Gasteiger partial charge in [0, 0.05) is 35.7 Å². The zero-order valence-electron chi connectivity index (χ0n) is 26.2. The maximum atomic E-state index is 13.2. The number of unbranched alkanes of at least 4 members (excludes halogenated alkanes) is 2. The van der Waals surface area contributed by atoms with Crippen molar-refractivity contribution in [3.8, 4) is 17.5 Å². The van der Waals surface area contributed by atoms with Crippen molar-refractivity contribution >= 4 is 23.4 Å². The smallest absolute Gasteiger partial charge is 0.324 e. The van der Waals surface area contributed by atoms with Crippen molar-refractivity contribution in [3.63, 3.8) is 0 Å². The maximum absolute atomic E-state index is 13.2. The second-order valence-electron chi connectivity index (χ2n) is 13.2. The SMILES string of the molecule is CCCCC#CC(=O)N1C2CCC1CC(Cc1cccc(NC(=O)Nc3cc(C(C)(C)C)nn3-c3ccc(C)cc3)c1)C2. The van der Waals surface area contributed by atoms with Crippen LogP contribution < -0.4 is 10.6 Å². The molecule has 2 fully saturated rings. The normalized spacial score (nSPS) is 19.5. The van der Waals surface area contributed by atoms with Gasteiger partial charge in [0.05, 0.1) is 11.4 Å². The quantitative estimate of drug-likeness (QED) is 0.223. The highest BCUT2D eigenvalue weighted by Gasteiger charge is 2.42. The first-order chi connectivity index (χ1) is 20.6. The Labute approximate surface area is 256 Å². The number of anilines is 2. The van der Waals surface area contributed by atoms with Gasteiger partial charge >= 0.3 is 6.03 Å². The average Bonchev–Trinajstić information content (AvgIpc) is 3.50. The summed E-state index contributed by atoms with van der Waals surface area (Å²) in [6.07, 6.45) is 8.03. The molecule has 2 unspecified atom stereocenters. The molecule has 43 heavy (non-hydrogen) atoms. The van der Waals surface area contributed by atoms with Crippen LogP contribution in [0.2, 0.25) is 0 Å². The van der Waals surface area contributed by atoms with E-state index in [1.54, 1.807) is 4.68 Å². The molecule has 1 aromatic heterocycles. The fourth-order valence-corrected chi connectivity index (χ4v) is 6.36. The lowest BCUT2D eigenvalue weighted by Gasteiger charge is -2.38. The molecule has 2 bridgehead atoms. The number of hydrogen-bond donors (Lipinski definition) is 2. The Hall–Kier alpha value is -4.05. The summed E-state index contributed by atoms with van der Waals surface area (Å²) in [5.41, 5.74) is 4.74. The molecule has 3 aromatic rings. The van der Waals surface area contributed by atoms with Crippen LogP contribution in [0.5, 0.6) is 0 Å². The fourth-order valence-electron chi connectivity index (χ4n) is 6.36. The van der Waals surface area contributed by atoms with E-state index in [9.17, 15) is 9.59 Å². The summed E-state index contributed by atoms with van der Waals surface area (Å²) in [5.74, 6) is 7.12. The molecular formula is C36H45N5O2.